The molecule has 0 aliphatic heterocycles. The van der Waals surface area contributed by atoms with Crippen molar-refractivity contribution in [2.45, 2.75) is 129 Å². The average Bonchev–Trinajstić information content (AvgIpc) is 2.64. The van der Waals surface area contributed by atoms with Crippen molar-refractivity contribution in [3.05, 3.63) is 12.2 Å². The van der Waals surface area contributed by atoms with E-state index < -0.39 is 0 Å². The first-order chi connectivity index (χ1) is 12.8. The fourth-order valence-corrected chi connectivity index (χ4v) is 3.17. The van der Waals surface area contributed by atoms with Crippen molar-refractivity contribution < 1.29 is 9.53 Å². The van der Waals surface area contributed by atoms with E-state index in [2.05, 4.69) is 19.1 Å². The number of carbonyl (C=O) groups excluding carboxylic acids is 1. The summed E-state index contributed by atoms with van der Waals surface area (Å²) >= 11 is 0. The monoisotopic (exact) mass is 366 g/mol. The number of hydrogen-bond donors (Lipinski definition) is 0. The van der Waals surface area contributed by atoms with Crippen LogP contribution in [0.5, 0.6) is 0 Å². The smallest absolute Gasteiger partial charge is 0.305 e. The second-order valence-corrected chi connectivity index (χ2v) is 7.62. The zero-order chi connectivity index (χ0) is 19.1. The molecule has 0 radical (unpaired) electrons. The largest absolute Gasteiger partial charge is 0.466 e. The van der Waals surface area contributed by atoms with Crippen LogP contribution < -0.4 is 0 Å². The lowest BCUT2D eigenvalue weighted by Gasteiger charge is -2.04. The maximum Gasteiger partial charge on any atom is 0.305 e. The fraction of sp³-hybridized carbons (Fsp3) is 0.875. The van der Waals surface area contributed by atoms with E-state index in [9.17, 15) is 4.79 Å². The van der Waals surface area contributed by atoms with Crippen LogP contribution in [0.15, 0.2) is 12.2 Å². The van der Waals surface area contributed by atoms with Crippen molar-refractivity contribution in [3.63, 3.8) is 0 Å². The lowest BCUT2D eigenvalue weighted by Crippen LogP contribution is -2.04. The number of carbonyl (C=O) groups is 1. The Kier molecular flexibility index (Phi) is 21.6. The van der Waals surface area contributed by atoms with Crippen molar-refractivity contribution in [2.75, 3.05) is 6.61 Å². The van der Waals surface area contributed by atoms with Crippen LogP contribution >= 0.6 is 0 Å². The molecule has 0 aromatic heterocycles. The van der Waals surface area contributed by atoms with Crippen LogP contribution in [0.1, 0.15) is 129 Å². The highest BCUT2D eigenvalue weighted by molar-refractivity contribution is 5.69. The van der Waals surface area contributed by atoms with Gasteiger partial charge in [0.05, 0.1) is 6.61 Å². The summed E-state index contributed by atoms with van der Waals surface area (Å²) in [4.78, 5) is 11.2. The molecule has 0 fully saturated rings. The molecule has 2 heteroatoms. The number of hydrogen-bond acceptors (Lipinski definition) is 2. The van der Waals surface area contributed by atoms with Gasteiger partial charge in [-0.3, -0.25) is 4.79 Å². The Morgan fingerprint density at radius 3 is 1.58 bits per heavy atom. The topological polar surface area (TPSA) is 26.3 Å². The Morgan fingerprint density at radius 2 is 1.08 bits per heavy atom. The van der Waals surface area contributed by atoms with E-state index in [1.54, 1.807) is 0 Å². The molecule has 0 amide bonds. The van der Waals surface area contributed by atoms with Gasteiger partial charge in [-0.05, 0) is 38.5 Å². The van der Waals surface area contributed by atoms with Gasteiger partial charge in [0, 0.05) is 6.42 Å². The van der Waals surface area contributed by atoms with E-state index >= 15 is 0 Å². The summed E-state index contributed by atoms with van der Waals surface area (Å²) in [7, 11) is 0. The van der Waals surface area contributed by atoms with Gasteiger partial charge in [-0.2, -0.15) is 0 Å². The second-order valence-electron chi connectivity index (χ2n) is 7.62. The Morgan fingerprint density at radius 1 is 0.615 bits per heavy atom. The molecule has 2 nitrogen and oxygen atoms in total. The van der Waals surface area contributed by atoms with Gasteiger partial charge in [0.2, 0.25) is 0 Å². The highest BCUT2D eigenvalue weighted by atomic mass is 16.5. The standard InChI is InChI=1S/C24H46O2/c1-3-5-6-7-8-9-10-11-12-13-14-15-16-17-18-19-20-21-23-26-24(25)22-4-2/h9-10H,3-8,11-23H2,1-2H3. The van der Waals surface area contributed by atoms with Crippen LogP contribution in [0.3, 0.4) is 0 Å². The predicted octanol–water partition coefficient (Wildman–Crippen LogP) is 8.15. The summed E-state index contributed by atoms with van der Waals surface area (Å²) in [5.74, 6) is -0.0324. The maximum absolute atomic E-state index is 11.2. The van der Waals surface area contributed by atoms with Crippen LogP contribution in [0.25, 0.3) is 0 Å². The zero-order valence-corrected chi connectivity index (χ0v) is 17.9. The van der Waals surface area contributed by atoms with Gasteiger partial charge in [0.1, 0.15) is 0 Å². The normalized spacial score (nSPS) is 11.3. The summed E-state index contributed by atoms with van der Waals surface area (Å²) in [6.45, 7) is 4.90. The first-order valence-electron chi connectivity index (χ1n) is 11.6. The number of esters is 1. The van der Waals surface area contributed by atoms with E-state index in [-0.39, 0.29) is 5.97 Å². The third-order valence-electron chi connectivity index (χ3n) is 4.87. The van der Waals surface area contributed by atoms with Crippen molar-refractivity contribution in [3.8, 4) is 0 Å². The van der Waals surface area contributed by atoms with Gasteiger partial charge < -0.3 is 4.74 Å². The molecule has 0 aliphatic carbocycles. The Bertz CT molecular complexity index is 309. The molecular formula is C24H46O2. The van der Waals surface area contributed by atoms with E-state index in [0.29, 0.717) is 13.0 Å². The van der Waals surface area contributed by atoms with Crippen LogP contribution in [0, 0.1) is 0 Å². The molecule has 0 atom stereocenters. The molecule has 0 saturated carbocycles. The number of rotatable bonds is 20. The second kappa shape index (κ2) is 22.3. The fourth-order valence-electron chi connectivity index (χ4n) is 3.17. The quantitative estimate of drug-likeness (QED) is 0.123. The highest BCUT2D eigenvalue weighted by Gasteiger charge is 1.99. The summed E-state index contributed by atoms with van der Waals surface area (Å²) < 4.78 is 5.17. The van der Waals surface area contributed by atoms with Gasteiger partial charge in [-0.25, -0.2) is 0 Å². The molecule has 0 unspecified atom stereocenters. The minimum Gasteiger partial charge on any atom is -0.466 e. The maximum atomic E-state index is 11.2. The minimum atomic E-state index is -0.0324. The number of ether oxygens (including phenoxy) is 1. The third kappa shape index (κ3) is 21.3. The van der Waals surface area contributed by atoms with Gasteiger partial charge in [0.15, 0.2) is 0 Å². The van der Waals surface area contributed by atoms with Gasteiger partial charge >= 0.3 is 5.97 Å². The van der Waals surface area contributed by atoms with Crippen LogP contribution in [0.4, 0.5) is 0 Å². The molecule has 0 aromatic rings. The predicted molar refractivity (Wildman–Crippen MR) is 115 cm³/mol. The zero-order valence-electron chi connectivity index (χ0n) is 17.9. The van der Waals surface area contributed by atoms with Crippen molar-refractivity contribution in [2.24, 2.45) is 0 Å². The van der Waals surface area contributed by atoms with E-state index in [1.165, 1.54) is 96.3 Å². The van der Waals surface area contributed by atoms with Crippen LogP contribution in [-0.4, -0.2) is 12.6 Å². The summed E-state index contributed by atoms with van der Waals surface area (Å²) in [5.41, 5.74) is 0. The van der Waals surface area contributed by atoms with E-state index in [0.717, 1.165) is 12.8 Å². The molecular weight excluding hydrogens is 320 g/mol. The highest BCUT2D eigenvalue weighted by Crippen LogP contribution is 2.12. The Labute approximate surface area is 164 Å². The minimum absolute atomic E-state index is 0.0324. The molecule has 0 N–H and O–H groups in total. The molecule has 0 saturated heterocycles. The molecule has 26 heavy (non-hydrogen) atoms. The Hall–Kier alpha value is -0.790. The van der Waals surface area contributed by atoms with Gasteiger partial charge in [0.25, 0.3) is 0 Å². The van der Waals surface area contributed by atoms with Crippen LogP contribution in [0.2, 0.25) is 0 Å². The summed E-state index contributed by atoms with van der Waals surface area (Å²) in [5, 5.41) is 0. The number of allylic oxidation sites excluding steroid dienone is 2. The molecule has 0 spiro atoms. The molecule has 0 heterocycles. The first kappa shape index (κ1) is 25.2. The van der Waals surface area contributed by atoms with E-state index in [1.807, 2.05) is 6.92 Å². The summed E-state index contributed by atoms with van der Waals surface area (Å²) in [6.07, 6.45) is 27.4. The van der Waals surface area contributed by atoms with Gasteiger partial charge in [-0.15, -0.1) is 0 Å². The Balaban J connectivity index is 3.09. The van der Waals surface area contributed by atoms with Crippen molar-refractivity contribution in [1.29, 1.82) is 0 Å². The van der Waals surface area contributed by atoms with E-state index in [4.69, 9.17) is 4.74 Å². The SMILES string of the molecule is CCCCCCC=CCCCCCCCCCCCCOC(=O)CCC. The molecule has 154 valence electrons. The van der Waals surface area contributed by atoms with Crippen molar-refractivity contribution >= 4 is 5.97 Å². The lowest BCUT2D eigenvalue weighted by atomic mass is 10.1. The molecule has 0 bridgehead atoms. The molecule has 0 aromatic carbocycles. The molecule has 0 rings (SSSR count). The first-order valence-corrected chi connectivity index (χ1v) is 11.6. The average molecular weight is 367 g/mol. The van der Waals surface area contributed by atoms with Gasteiger partial charge in [-0.1, -0.05) is 96.6 Å². The third-order valence-corrected chi connectivity index (χ3v) is 4.87. The van der Waals surface area contributed by atoms with Crippen molar-refractivity contribution in [1.82, 2.24) is 0 Å². The van der Waals surface area contributed by atoms with Crippen LogP contribution in [-0.2, 0) is 9.53 Å². The lowest BCUT2D eigenvalue weighted by molar-refractivity contribution is -0.143. The molecule has 0 aliphatic rings. The number of unbranched alkanes of at least 4 members (excludes halogenated alkanes) is 14. The summed E-state index contributed by atoms with van der Waals surface area (Å²) in [6, 6.07) is 0.